The van der Waals surface area contributed by atoms with Gasteiger partial charge in [0.05, 0.1) is 6.04 Å². The number of piperidine rings is 1. The zero-order chi connectivity index (χ0) is 12.4. The molecule has 0 aromatic carbocycles. The molecule has 1 aliphatic heterocycles. The topological polar surface area (TPSA) is 58.2 Å². The minimum atomic E-state index is -0.274. The zero-order valence-corrected chi connectivity index (χ0v) is 11.7. The predicted octanol–water partition coefficient (Wildman–Crippen LogP) is 1.97. The number of imide groups is 1. The summed E-state index contributed by atoms with van der Waals surface area (Å²) >= 11 is 5.04. The van der Waals surface area contributed by atoms with Gasteiger partial charge in [-0.25, -0.2) is 0 Å². The Kier molecular flexibility index (Phi) is 3.96. The van der Waals surface area contributed by atoms with Crippen molar-refractivity contribution in [3.63, 3.8) is 0 Å². The maximum absolute atomic E-state index is 11.6. The van der Waals surface area contributed by atoms with Crippen molar-refractivity contribution in [2.75, 3.05) is 0 Å². The number of amides is 2. The third-order valence-electron chi connectivity index (χ3n) is 2.70. The van der Waals surface area contributed by atoms with E-state index in [2.05, 4.69) is 26.6 Å². The van der Waals surface area contributed by atoms with E-state index < -0.39 is 0 Å². The molecule has 0 saturated carbocycles. The summed E-state index contributed by atoms with van der Waals surface area (Å²) in [4.78, 5) is 23.8. The Morgan fingerprint density at radius 2 is 2.35 bits per heavy atom. The molecule has 1 aliphatic rings. The lowest BCUT2D eigenvalue weighted by atomic mass is 10.1. The van der Waals surface area contributed by atoms with Crippen LogP contribution in [-0.4, -0.2) is 17.9 Å². The Labute approximate surface area is 112 Å². The highest BCUT2D eigenvalue weighted by Gasteiger charge is 2.27. The first-order valence-corrected chi connectivity index (χ1v) is 7.07. The molecular weight excluding hydrogens is 304 g/mol. The molecule has 6 heteroatoms. The Morgan fingerprint density at radius 1 is 1.59 bits per heavy atom. The first-order valence-electron chi connectivity index (χ1n) is 5.40. The summed E-state index contributed by atoms with van der Waals surface area (Å²) in [5.41, 5.74) is 0. The third kappa shape index (κ3) is 3.14. The lowest BCUT2D eigenvalue weighted by Crippen LogP contribution is -2.51. The molecule has 0 spiro atoms. The highest BCUT2D eigenvalue weighted by molar-refractivity contribution is 9.10. The number of hydrogen-bond acceptors (Lipinski definition) is 4. The smallest absolute Gasteiger partial charge is 0.243 e. The standard InChI is InChI=1S/C11H13BrN2O2S/c1-6(9-4-7(12)5-17-9)13-8-2-3-10(15)14-11(8)16/h4-6,8,13H,2-3H2,1H3,(H,14,15,16). The number of carbonyl (C=O) groups excluding carboxylic acids is 2. The summed E-state index contributed by atoms with van der Waals surface area (Å²) < 4.78 is 1.05. The van der Waals surface area contributed by atoms with E-state index in [1.165, 1.54) is 4.88 Å². The van der Waals surface area contributed by atoms with Gasteiger partial charge in [-0.2, -0.15) is 0 Å². The second-order valence-electron chi connectivity index (χ2n) is 4.06. The molecule has 1 aromatic rings. The molecule has 1 fully saturated rings. The van der Waals surface area contributed by atoms with E-state index in [0.717, 1.165) is 4.47 Å². The average Bonchev–Trinajstić information content (AvgIpc) is 2.69. The van der Waals surface area contributed by atoms with E-state index in [9.17, 15) is 9.59 Å². The van der Waals surface area contributed by atoms with Crippen LogP contribution in [0.5, 0.6) is 0 Å². The molecule has 1 saturated heterocycles. The Balaban J connectivity index is 1.97. The number of nitrogens with one attached hydrogen (secondary N) is 2. The third-order valence-corrected chi connectivity index (χ3v) is 4.58. The number of carbonyl (C=O) groups is 2. The fourth-order valence-corrected chi connectivity index (χ4v) is 3.25. The lowest BCUT2D eigenvalue weighted by molar-refractivity contribution is -0.134. The van der Waals surface area contributed by atoms with Crippen LogP contribution >= 0.6 is 27.3 Å². The Hall–Kier alpha value is -0.720. The van der Waals surface area contributed by atoms with Crippen molar-refractivity contribution in [1.29, 1.82) is 0 Å². The lowest BCUT2D eigenvalue weighted by Gasteiger charge is -2.24. The van der Waals surface area contributed by atoms with Gasteiger partial charge in [-0.05, 0) is 35.3 Å². The molecule has 17 heavy (non-hydrogen) atoms. The Morgan fingerprint density at radius 3 is 2.94 bits per heavy atom. The summed E-state index contributed by atoms with van der Waals surface area (Å²) in [5, 5.41) is 7.60. The molecule has 0 radical (unpaired) electrons. The SMILES string of the molecule is CC(NC1CCC(=O)NC1=O)c1cc(Br)cs1. The summed E-state index contributed by atoms with van der Waals surface area (Å²) in [6.45, 7) is 2.02. The van der Waals surface area contributed by atoms with Crippen molar-refractivity contribution < 1.29 is 9.59 Å². The molecule has 2 rings (SSSR count). The number of thiophene rings is 1. The molecule has 1 aromatic heterocycles. The second kappa shape index (κ2) is 5.29. The largest absolute Gasteiger partial charge is 0.298 e. The van der Waals surface area contributed by atoms with E-state index in [4.69, 9.17) is 0 Å². The van der Waals surface area contributed by atoms with Gasteiger partial charge in [-0.15, -0.1) is 11.3 Å². The second-order valence-corrected chi connectivity index (χ2v) is 5.92. The molecule has 2 unspecified atom stereocenters. The van der Waals surface area contributed by atoms with Crippen LogP contribution in [0.2, 0.25) is 0 Å². The minimum Gasteiger partial charge on any atom is -0.298 e. The van der Waals surface area contributed by atoms with Crippen LogP contribution in [-0.2, 0) is 9.59 Å². The van der Waals surface area contributed by atoms with E-state index in [1.54, 1.807) is 11.3 Å². The highest BCUT2D eigenvalue weighted by Crippen LogP contribution is 2.26. The van der Waals surface area contributed by atoms with Crippen molar-refractivity contribution >= 4 is 39.1 Å². The quantitative estimate of drug-likeness (QED) is 0.838. The molecule has 92 valence electrons. The van der Waals surface area contributed by atoms with E-state index in [0.29, 0.717) is 12.8 Å². The summed E-state index contributed by atoms with van der Waals surface area (Å²) in [5.74, 6) is -0.400. The molecule has 2 N–H and O–H groups in total. The van der Waals surface area contributed by atoms with Gasteiger partial charge in [0, 0.05) is 27.2 Å². The van der Waals surface area contributed by atoms with Gasteiger partial charge in [0.15, 0.2) is 0 Å². The van der Waals surface area contributed by atoms with Crippen LogP contribution in [0.3, 0.4) is 0 Å². The molecule has 4 nitrogen and oxygen atoms in total. The first kappa shape index (κ1) is 12.7. The van der Waals surface area contributed by atoms with Crippen molar-refractivity contribution in [2.24, 2.45) is 0 Å². The molecule has 0 aliphatic carbocycles. The minimum absolute atomic E-state index is 0.107. The molecule has 0 bridgehead atoms. The van der Waals surface area contributed by atoms with Gasteiger partial charge in [0.25, 0.3) is 0 Å². The van der Waals surface area contributed by atoms with Gasteiger partial charge in [0.2, 0.25) is 11.8 Å². The molecule has 2 atom stereocenters. The molecule has 2 heterocycles. The van der Waals surface area contributed by atoms with Crippen molar-refractivity contribution in [3.8, 4) is 0 Å². The van der Waals surface area contributed by atoms with Crippen molar-refractivity contribution in [2.45, 2.75) is 31.8 Å². The average molecular weight is 317 g/mol. The normalized spacial score (nSPS) is 22.4. The number of rotatable bonds is 3. The first-order chi connectivity index (χ1) is 8.06. The molecular formula is C11H13BrN2O2S. The van der Waals surface area contributed by atoms with E-state index in [-0.39, 0.29) is 23.9 Å². The van der Waals surface area contributed by atoms with Crippen LogP contribution in [0.15, 0.2) is 15.9 Å². The van der Waals surface area contributed by atoms with E-state index >= 15 is 0 Å². The van der Waals surface area contributed by atoms with Crippen LogP contribution in [0.25, 0.3) is 0 Å². The fourth-order valence-electron chi connectivity index (χ4n) is 1.79. The van der Waals surface area contributed by atoms with Crippen molar-refractivity contribution in [1.82, 2.24) is 10.6 Å². The van der Waals surface area contributed by atoms with Crippen LogP contribution in [0.1, 0.15) is 30.7 Å². The van der Waals surface area contributed by atoms with Crippen molar-refractivity contribution in [3.05, 3.63) is 20.8 Å². The fraction of sp³-hybridized carbons (Fsp3) is 0.455. The maximum atomic E-state index is 11.6. The monoisotopic (exact) mass is 316 g/mol. The zero-order valence-electron chi connectivity index (χ0n) is 9.33. The summed E-state index contributed by atoms with van der Waals surface area (Å²) in [6, 6.07) is 1.87. The van der Waals surface area contributed by atoms with Gasteiger partial charge >= 0.3 is 0 Å². The Bertz CT molecular complexity index is 446. The summed E-state index contributed by atoms with van der Waals surface area (Å²) in [7, 11) is 0. The van der Waals surface area contributed by atoms with Gasteiger partial charge < -0.3 is 0 Å². The van der Waals surface area contributed by atoms with Crippen LogP contribution in [0, 0.1) is 0 Å². The van der Waals surface area contributed by atoms with E-state index in [1.807, 2.05) is 18.4 Å². The highest BCUT2D eigenvalue weighted by atomic mass is 79.9. The van der Waals surface area contributed by atoms with Crippen LogP contribution < -0.4 is 10.6 Å². The maximum Gasteiger partial charge on any atom is 0.243 e. The molecule has 2 amide bonds. The van der Waals surface area contributed by atoms with Gasteiger partial charge in [-0.3, -0.25) is 20.2 Å². The predicted molar refractivity (Wildman–Crippen MR) is 69.7 cm³/mol. The number of halogens is 1. The summed E-state index contributed by atoms with van der Waals surface area (Å²) in [6.07, 6.45) is 0.978. The van der Waals surface area contributed by atoms with Gasteiger partial charge in [-0.1, -0.05) is 0 Å². The van der Waals surface area contributed by atoms with Gasteiger partial charge in [0.1, 0.15) is 0 Å². The number of hydrogen-bond donors (Lipinski definition) is 2. The van der Waals surface area contributed by atoms with Crippen LogP contribution in [0.4, 0.5) is 0 Å².